The van der Waals surface area contributed by atoms with Gasteiger partial charge in [0.1, 0.15) is 0 Å². The summed E-state index contributed by atoms with van der Waals surface area (Å²) in [6.45, 7) is 5.02. The topological polar surface area (TPSA) is 46.2 Å². The zero-order chi connectivity index (χ0) is 12.0. The van der Waals surface area contributed by atoms with Gasteiger partial charge < -0.3 is 5.32 Å². The first-order valence-corrected chi connectivity index (χ1v) is 8.29. The molecule has 0 heterocycles. The Bertz CT molecular complexity index is 283. The Morgan fingerprint density at radius 1 is 1.31 bits per heavy atom. The van der Waals surface area contributed by atoms with Gasteiger partial charge in [0.05, 0.1) is 11.5 Å². The highest BCUT2D eigenvalue weighted by Crippen LogP contribution is 2.18. The lowest BCUT2D eigenvalue weighted by Gasteiger charge is -2.09. The monoisotopic (exact) mass is 247 g/mol. The zero-order valence-electron chi connectivity index (χ0n) is 10.5. The molecule has 16 heavy (non-hydrogen) atoms. The van der Waals surface area contributed by atoms with Gasteiger partial charge in [-0.3, -0.25) is 0 Å². The molecule has 0 aliphatic heterocycles. The van der Waals surface area contributed by atoms with Crippen LogP contribution in [0.25, 0.3) is 0 Å². The molecule has 0 spiro atoms. The molecule has 0 aromatic heterocycles. The van der Waals surface area contributed by atoms with Crippen molar-refractivity contribution in [2.75, 3.05) is 18.1 Å². The van der Waals surface area contributed by atoms with Crippen LogP contribution in [0.4, 0.5) is 0 Å². The number of nitrogens with one attached hydrogen (secondary N) is 1. The zero-order valence-corrected chi connectivity index (χ0v) is 11.4. The third-order valence-electron chi connectivity index (χ3n) is 3.13. The summed E-state index contributed by atoms with van der Waals surface area (Å²) < 4.78 is 23.4. The van der Waals surface area contributed by atoms with Crippen molar-refractivity contribution in [2.24, 2.45) is 5.92 Å². The van der Waals surface area contributed by atoms with Crippen molar-refractivity contribution in [3.8, 4) is 0 Å². The molecule has 1 aliphatic carbocycles. The minimum Gasteiger partial charge on any atom is -0.314 e. The van der Waals surface area contributed by atoms with Gasteiger partial charge in [0, 0.05) is 6.04 Å². The molecule has 3 nitrogen and oxygen atoms in total. The van der Waals surface area contributed by atoms with Crippen LogP contribution < -0.4 is 5.32 Å². The molecular weight excluding hydrogens is 222 g/mol. The van der Waals surface area contributed by atoms with Gasteiger partial charge in [-0.1, -0.05) is 20.3 Å². The molecule has 1 rings (SSSR count). The van der Waals surface area contributed by atoms with Gasteiger partial charge >= 0.3 is 0 Å². The lowest BCUT2D eigenvalue weighted by Crippen LogP contribution is -2.20. The van der Waals surface area contributed by atoms with E-state index in [0.717, 1.165) is 31.8 Å². The van der Waals surface area contributed by atoms with Crippen molar-refractivity contribution in [3.05, 3.63) is 0 Å². The van der Waals surface area contributed by atoms with E-state index in [9.17, 15) is 8.42 Å². The fourth-order valence-corrected chi connectivity index (χ4v) is 3.59. The molecule has 0 aromatic carbocycles. The maximum absolute atomic E-state index is 11.7. The Balaban J connectivity index is 2.04. The van der Waals surface area contributed by atoms with Crippen molar-refractivity contribution in [3.63, 3.8) is 0 Å². The largest absolute Gasteiger partial charge is 0.314 e. The molecule has 0 amide bonds. The van der Waals surface area contributed by atoms with Gasteiger partial charge in [0.2, 0.25) is 0 Å². The highest BCUT2D eigenvalue weighted by atomic mass is 32.2. The molecule has 96 valence electrons. The van der Waals surface area contributed by atoms with E-state index in [1.807, 2.05) is 13.8 Å². The van der Waals surface area contributed by atoms with Crippen molar-refractivity contribution >= 4 is 9.84 Å². The van der Waals surface area contributed by atoms with Crippen LogP contribution >= 0.6 is 0 Å². The normalized spacial score (nSPS) is 18.6. The number of hydrogen-bond donors (Lipinski definition) is 1. The van der Waals surface area contributed by atoms with E-state index in [0.29, 0.717) is 17.4 Å². The highest BCUT2D eigenvalue weighted by Gasteiger charge is 2.19. The summed E-state index contributed by atoms with van der Waals surface area (Å²) in [7, 11) is -2.81. The lowest BCUT2D eigenvalue weighted by molar-refractivity contribution is 0.558. The summed E-state index contributed by atoms with van der Waals surface area (Å²) in [6, 6.07) is 0.733. The van der Waals surface area contributed by atoms with E-state index in [4.69, 9.17) is 0 Å². The Labute approximate surface area is 99.9 Å². The van der Waals surface area contributed by atoms with Crippen LogP contribution in [0.2, 0.25) is 0 Å². The molecule has 1 aliphatic rings. The summed E-state index contributed by atoms with van der Waals surface area (Å²) in [5.41, 5.74) is 0. The van der Waals surface area contributed by atoms with Gasteiger partial charge in [-0.2, -0.15) is 0 Å². The molecule has 0 saturated heterocycles. The molecule has 1 fully saturated rings. The Hall–Kier alpha value is -0.0900. The number of rotatable bonds is 9. The predicted molar refractivity (Wildman–Crippen MR) is 68.4 cm³/mol. The second-order valence-corrected chi connectivity index (χ2v) is 7.29. The van der Waals surface area contributed by atoms with Crippen LogP contribution in [0.1, 0.15) is 46.0 Å². The summed E-state index contributed by atoms with van der Waals surface area (Å²) in [4.78, 5) is 0. The second kappa shape index (κ2) is 6.60. The standard InChI is InChI=1S/C12H25NO2S/c1-3-11(2)10-16(14,15)9-5-4-8-13-12-6-7-12/h11-13H,3-10H2,1-2H3. The van der Waals surface area contributed by atoms with Crippen LogP contribution in [0.5, 0.6) is 0 Å². The molecule has 4 heteroatoms. The third kappa shape index (κ3) is 6.48. The van der Waals surface area contributed by atoms with E-state index in [1.54, 1.807) is 0 Å². The molecule has 0 radical (unpaired) electrons. The van der Waals surface area contributed by atoms with Gasteiger partial charge in [-0.15, -0.1) is 0 Å². The first-order valence-electron chi connectivity index (χ1n) is 6.47. The molecular formula is C12H25NO2S. The number of unbranched alkanes of at least 4 members (excludes halogenated alkanes) is 1. The third-order valence-corrected chi connectivity index (χ3v) is 5.12. The van der Waals surface area contributed by atoms with E-state index in [1.165, 1.54) is 12.8 Å². The average molecular weight is 247 g/mol. The molecule has 1 saturated carbocycles. The second-order valence-electron chi connectivity index (χ2n) is 5.06. The summed E-state index contributed by atoms with van der Waals surface area (Å²) in [6.07, 6.45) is 5.33. The Morgan fingerprint density at radius 3 is 2.56 bits per heavy atom. The van der Waals surface area contributed by atoms with Crippen LogP contribution in [0.3, 0.4) is 0 Å². The minimum atomic E-state index is -2.81. The fourth-order valence-electron chi connectivity index (χ4n) is 1.68. The molecule has 0 bridgehead atoms. The van der Waals surface area contributed by atoms with E-state index in [2.05, 4.69) is 5.32 Å². The van der Waals surface area contributed by atoms with Gasteiger partial charge in [0.25, 0.3) is 0 Å². The quantitative estimate of drug-likeness (QED) is 0.634. The lowest BCUT2D eigenvalue weighted by atomic mass is 10.2. The van der Waals surface area contributed by atoms with Crippen molar-refractivity contribution in [2.45, 2.75) is 52.0 Å². The minimum absolute atomic E-state index is 0.301. The van der Waals surface area contributed by atoms with E-state index >= 15 is 0 Å². The van der Waals surface area contributed by atoms with Gasteiger partial charge in [0.15, 0.2) is 9.84 Å². The van der Waals surface area contributed by atoms with Crippen molar-refractivity contribution < 1.29 is 8.42 Å². The van der Waals surface area contributed by atoms with Crippen LogP contribution in [-0.4, -0.2) is 32.5 Å². The number of hydrogen-bond acceptors (Lipinski definition) is 3. The Morgan fingerprint density at radius 2 is 2.00 bits per heavy atom. The fraction of sp³-hybridized carbons (Fsp3) is 1.00. The van der Waals surface area contributed by atoms with Gasteiger partial charge in [-0.25, -0.2) is 8.42 Å². The molecule has 1 atom stereocenters. The maximum Gasteiger partial charge on any atom is 0.150 e. The van der Waals surface area contributed by atoms with E-state index < -0.39 is 9.84 Å². The molecule has 1 N–H and O–H groups in total. The Kier molecular flexibility index (Phi) is 5.76. The van der Waals surface area contributed by atoms with Crippen LogP contribution in [-0.2, 0) is 9.84 Å². The van der Waals surface area contributed by atoms with Gasteiger partial charge in [-0.05, 0) is 38.1 Å². The van der Waals surface area contributed by atoms with Crippen molar-refractivity contribution in [1.82, 2.24) is 5.32 Å². The number of sulfone groups is 1. The summed E-state index contributed by atoms with van der Waals surface area (Å²) in [5, 5.41) is 3.40. The average Bonchev–Trinajstić information content (AvgIpc) is 3.00. The van der Waals surface area contributed by atoms with Crippen LogP contribution in [0.15, 0.2) is 0 Å². The predicted octanol–water partition coefficient (Wildman–Crippen LogP) is 1.98. The van der Waals surface area contributed by atoms with E-state index in [-0.39, 0.29) is 0 Å². The maximum atomic E-state index is 11.7. The first-order chi connectivity index (χ1) is 7.53. The van der Waals surface area contributed by atoms with Crippen LogP contribution in [0, 0.1) is 5.92 Å². The molecule has 0 aromatic rings. The van der Waals surface area contributed by atoms with Crippen molar-refractivity contribution in [1.29, 1.82) is 0 Å². The molecule has 1 unspecified atom stereocenters. The SMILES string of the molecule is CCC(C)CS(=O)(=O)CCCCNC1CC1. The first kappa shape index (κ1) is 14.0. The highest BCUT2D eigenvalue weighted by molar-refractivity contribution is 7.91. The summed E-state index contributed by atoms with van der Waals surface area (Å²) in [5.74, 6) is 1.03. The summed E-state index contributed by atoms with van der Waals surface area (Å²) >= 11 is 0. The smallest absolute Gasteiger partial charge is 0.150 e.